The Morgan fingerprint density at radius 3 is 1.58 bits per heavy atom. The summed E-state index contributed by atoms with van der Waals surface area (Å²) >= 11 is 0. The van der Waals surface area contributed by atoms with Crippen molar-refractivity contribution in [2.75, 3.05) is 0 Å². The van der Waals surface area contributed by atoms with Gasteiger partial charge in [-0.25, -0.2) is 15.0 Å². The van der Waals surface area contributed by atoms with Crippen LogP contribution in [0.1, 0.15) is 57.1 Å². The van der Waals surface area contributed by atoms with Gasteiger partial charge in [0.1, 0.15) is 0 Å². The molecule has 9 rings (SSSR count). The average Bonchev–Trinajstić information content (AvgIpc) is 3.23. The molecule has 1 heterocycles. The lowest BCUT2D eigenvalue weighted by Gasteiger charge is -2.50. The van der Waals surface area contributed by atoms with Crippen LogP contribution in [0.2, 0.25) is 0 Å². The van der Waals surface area contributed by atoms with Crippen molar-refractivity contribution >= 4 is 0 Å². The molecule has 2 aliphatic carbocycles. The lowest BCUT2D eigenvalue weighted by atomic mass is 9.54. The van der Waals surface area contributed by atoms with E-state index in [4.69, 9.17) is 15.0 Å². The van der Waals surface area contributed by atoms with Gasteiger partial charge in [-0.3, -0.25) is 0 Å². The molecule has 0 aliphatic heterocycles. The Hall–Kier alpha value is -6.18. The first kappa shape index (κ1) is 34.6. The van der Waals surface area contributed by atoms with Gasteiger partial charge in [0.25, 0.3) is 0 Å². The SMILES string of the molecule is C[C@@H]1C[C@@H]2C[C@H](C)CC(c3ccc(-c4ccc(-c5nc(-c6ccccc6)nc(-c6ccccc6)n5)c(-c5ccccc5)c4-c4cccc(C#N)c4)cc3)(C1)C2. The van der Waals surface area contributed by atoms with Crippen LogP contribution in [-0.2, 0) is 5.41 Å². The van der Waals surface area contributed by atoms with Crippen LogP contribution < -0.4 is 0 Å². The normalized spacial score (nSPS) is 20.4. The molecule has 1 unspecified atom stereocenters. The van der Waals surface area contributed by atoms with Crippen LogP contribution in [0.4, 0.5) is 0 Å². The summed E-state index contributed by atoms with van der Waals surface area (Å²) in [6, 6.07) is 55.0. The van der Waals surface area contributed by atoms with E-state index >= 15 is 0 Å². The fraction of sp³-hybridized carbons (Fsp3) is 0.216. The molecular formula is C51H44N4. The van der Waals surface area contributed by atoms with Crippen molar-refractivity contribution in [1.29, 1.82) is 5.26 Å². The van der Waals surface area contributed by atoms with E-state index in [0.717, 1.165) is 67.8 Å². The van der Waals surface area contributed by atoms with Crippen molar-refractivity contribution in [3.05, 3.63) is 163 Å². The highest BCUT2D eigenvalue weighted by Crippen LogP contribution is 2.54. The number of fused-ring (bicyclic) bond motifs is 2. The first-order valence-electron chi connectivity index (χ1n) is 19.7. The van der Waals surface area contributed by atoms with Gasteiger partial charge in [-0.15, -0.1) is 0 Å². The first-order chi connectivity index (χ1) is 27.0. The minimum atomic E-state index is 0.257. The summed E-state index contributed by atoms with van der Waals surface area (Å²) in [7, 11) is 0. The fourth-order valence-corrected chi connectivity index (χ4v) is 9.97. The Bertz CT molecular complexity index is 2420. The third-order valence-electron chi connectivity index (χ3n) is 11.9. The van der Waals surface area contributed by atoms with Crippen molar-refractivity contribution in [3.63, 3.8) is 0 Å². The minimum Gasteiger partial charge on any atom is -0.208 e. The quantitative estimate of drug-likeness (QED) is 0.165. The van der Waals surface area contributed by atoms with Crippen molar-refractivity contribution in [2.45, 2.75) is 51.4 Å². The summed E-state index contributed by atoms with van der Waals surface area (Å²) in [5.74, 6) is 4.17. The van der Waals surface area contributed by atoms with Crippen LogP contribution in [0.25, 0.3) is 67.5 Å². The second-order valence-corrected chi connectivity index (χ2v) is 16.0. The van der Waals surface area contributed by atoms with E-state index in [1.165, 1.54) is 37.7 Å². The number of hydrogen-bond acceptors (Lipinski definition) is 4. The molecule has 1 aromatic heterocycles. The zero-order valence-corrected chi connectivity index (χ0v) is 31.5. The molecule has 2 fully saturated rings. The van der Waals surface area contributed by atoms with Gasteiger partial charge in [0.05, 0.1) is 11.6 Å². The third-order valence-corrected chi connectivity index (χ3v) is 11.9. The molecule has 0 radical (unpaired) electrons. The topological polar surface area (TPSA) is 62.5 Å². The van der Waals surface area contributed by atoms with Crippen LogP contribution in [0, 0.1) is 29.1 Å². The Morgan fingerprint density at radius 1 is 0.491 bits per heavy atom. The van der Waals surface area contributed by atoms with Crippen molar-refractivity contribution in [1.82, 2.24) is 15.0 Å². The number of benzene rings is 6. The van der Waals surface area contributed by atoms with E-state index in [1.54, 1.807) is 0 Å². The Balaban J connectivity index is 1.28. The Morgan fingerprint density at radius 2 is 1.00 bits per heavy atom. The summed E-state index contributed by atoms with van der Waals surface area (Å²) in [6.45, 7) is 4.91. The minimum absolute atomic E-state index is 0.257. The monoisotopic (exact) mass is 712 g/mol. The predicted octanol–water partition coefficient (Wildman–Crippen LogP) is 12.8. The maximum absolute atomic E-state index is 10.1. The van der Waals surface area contributed by atoms with E-state index < -0.39 is 0 Å². The molecule has 268 valence electrons. The van der Waals surface area contributed by atoms with Crippen LogP contribution in [0.5, 0.6) is 0 Å². The molecule has 0 amide bonds. The maximum Gasteiger partial charge on any atom is 0.164 e. The van der Waals surface area contributed by atoms with E-state index in [1.807, 2.05) is 84.9 Å². The molecule has 2 bridgehead atoms. The summed E-state index contributed by atoms with van der Waals surface area (Å²) in [6.07, 6.45) is 6.58. The average molecular weight is 713 g/mol. The van der Waals surface area contributed by atoms with Crippen molar-refractivity contribution in [2.24, 2.45) is 17.8 Å². The Labute approximate surface area is 324 Å². The molecule has 0 spiro atoms. The van der Waals surface area contributed by atoms with E-state index in [2.05, 4.69) is 86.6 Å². The predicted molar refractivity (Wildman–Crippen MR) is 224 cm³/mol. The molecule has 55 heavy (non-hydrogen) atoms. The molecule has 0 N–H and O–H groups in total. The van der Waals surface area contributed by atoms with Gasteiger partial charge in [-0.1, -0.05) is 147 Å². The highest BCUT2D eigenvalue weighted by atomic mass is 15.0. The van der Waals surface area contributed by atoms with E-state index in [9.17, 15) is 5.26 Å². The van der Waals surface area contributed by atoms with E-state index in [-0.39, 0.29) is 5.41 Å². The van der Waals surface area contributed by atoms with Crippen LogP contribution in [0.15, 0.2) is 152 Å². The number of rotatable bonds is 7. The number of aromatic nitrogens is 3. The molecule has 7 aromatic rings. The molecular weight excluding hydrogens is 669 g/mol. The van der Waals surface area contributed by atoms with Gasteiger partial charge in [-0.05, 0) is 107 Å². The molecule has 4 nitrogen and oxygen atoms in total. The molecule has 4 heteroatoms. The van der Waals surface area contributed by atoms with E-state index in [0.29, 0.717) is 23.0 Å². The van der Waals surface area contributed by atoms with Gasteiger partial charge in [0.2, 0.25) is 0 Å². The molecule has 2 saturated carbocycles. The molecule has 0 saturated heterocycles. The summed E-state index contributed by atoms with van der Waals surface area (Å²) < 4.78 is 0. The Kier molecular flexibility index (Phi) is 9.16. The lowest BCUT2D eigenvalue weighted by molar-refractivity contribution is 0.0780. The van der Waals surface area contributed by atoms with Gasteiger partial charge in [-0.2, -0.15) is 5.26 Å². The van der Waals surface area contributed by atoms with Gasteiger partial charge in [0.15, 0.2) is 17.5 Å². The number of hydrogen-bond donors (Lipinski definition) is 0. The fourth-order valence-electron chi connectivity index (χ4n) is 9.97. The first-order valence-corrected chi connectivity index (χ1v) is 19.7. The maximum atomic E-state index is 10.1. The lowest BCUT2D eigenvalue weighted by Crippen LogP contribution is -2.42. The molecule has 6 aromatic carbocycles. The third kappa shape index (κ3) is 6.77. The summed E-state index contributed by atoms with van der Waals surface area (Å²) in [4.78, 5) is 15.4. The smallest absolute Gasteiger partial charge is 0.164 e. The number of nitrogens with zero attached hydrogens (tertiary/aromatic N) is 4. The van der Waals surface area contributed by atoms with Gasteiger partial charge >= 0.3 is 0 Å². The highest BCUT2D eigenvalue weighted by molar-refractivity contribution is 6.01. The standard InChI is InChI=1S/C51H44N4/c1-34-27-37-28-35(2)31-51(30-34,32-37)43-23-21-38(22-24-43)44-25-26-45(46(39-14-6-3-7-15-39)47(44)42-20-12-13-36(29-42)33-52)50-54-48(40-16-8-4-9-17-40)53-49(55-50)41-18-10-5-11-19-41/h3-26,29,34-35,37H,27-28,30-32H2,1-2H3/t34-,35+,37-,51?. The van der Waals surface area contributed by atoms with Crippen molar-refractivity contribution in [3.8, 4) is 73.6 Å². The van der Waals surface area contributed by atoms with Crippen LogP contribution >= 0.6 is 0 Å². The van der Waals surface area contributed by atoms with Gasteiger partial charge < -0.3 is 0 Å². The largest absolute Gasteiger partial charge is 0.208 e. The summed E-state index contributed by atoms with van der Waals surface area (Å²) in [5.41, 5.74) is 11.5. The molecule has 4 atom stereocenters. The second kappa shape index (κ2) is 14.6. The van der Waals surface area contributed by atoms with Crippen LogP contribution in [-0.4, -0.2) is 15.0 Å². The second-order valence-electron chi connectivity index (χ2n) is 16.0. The summed E-state index contributed by atoms with van der Waals surface area (Å²) in [5, 5.41) is 10.1. The zero-order chi connectivity index (χ0) is 37.4. The van der Waals surface area contributed by atoms with Gasteiger partial charge in [0, 0.05) is 22.3 Å². The van der Waals surface area contributed by atoms with Crippen molar-refractivity contribution < 1.29 is 0 Å². The molecule has 2 aliphatic rings. The highest BCUT2D eigenvalue weighted by Gasteiger charge is 2.45. The van der Waals surface area contributed by atoms with Crippen LogP contribution in [0.3, 0.4) is 0 Å². The number of nitriles is 1. The zero-order valence-electron chi connectivity index (χ0n) is 31.5.